The maximum atomic E-state index is 12.1. The van der Waals surface area contributed by atoms with Crippen LogP contribution in [0.15, 0.2) is 17.3 Å². The molecule has 1 aliphatic carbocycles. The lowest BCUT2D eigenvalue weighted by atomic mass is 9.88. The Morgan fingerprint density at radius 3 is 2.12 bits per heavy atom. The van der Waals surface area contributed by atoms with Gasteiger partial charge in [-0.05, 0) is 84.6 Å². The zero-order valence-electron chi connectivity index (χ0n) is 29.4. The molecule has 246 valence electrons. The Hall–Kier alpha value is -0.749. The van der Waals surface area contributed by atoms with Crippen LogP contribution >= 0.6 is 0 Å². The molecule has 0 aromatic rings. The highest BCUT2D eigenvalue weighted by atomic mass is 28.4. The predicted molar refractivity (Wildman–Crippen MR) is 187 cm³/mol. The first-order valence-corrected chi connectivity index (χ1v) is 27.2. The van der Waals surface area contributed by atoms with E-state index in [1.54, 1.807) is 0 Å². The van der Waals surface area contributed by atoms with Gasteiger partial charge >= 0.3 is 0 Å². The lowest BCUT2D eigenvalue weighted by Gasteiger charge is -2.29. The second kappa shape index (κ2) is 19.6. The van der Waals surface area contributed by atoms with Crippen LogP contribution in [-0.2, 0) is 22.9 Å². The molecule has 4 atom stereocenters. The molecule has 0 aromatic heterocycles. The Morgan fingerprint density at radius 1 is 0.857 bits per heavy atom. The van der Waals surface area contributed by atoms with Crippen LogP contribution in [0.1, 0.15) is 97.3 Å². The molecule has 0 N–H and O–H groups in total. The maximum Gasteiger partial charge on any atom is 0.292 e. The van der Waals surface area contributed by atoms with E-state index in [0.29, 0.717) is 18.9 Å². The highest BCUT2D eigenvalue weighted by Crippen LogP contribution is 2.39. The number of unbranched alkanes of at least 4 members (excludes halogenated alkanes) is 6. The molecule has 1 aliphatic rings. The molecule has 0 unspecified atom stereocenters. The quantitative estimate of drug-likeness (QED) is 0.0509. The first-order chi connectivity index (χ1) is 19.5. The fourth-order valence-electron chi connectivity index (χ4n) is 5.48. The third kappa shape index (κ3) is 18.8. The summed E-state index contributed by atoms with van der Waals surface area (Å²) >= 11 is 0. The van der Waals surface area contributed by atoms with Crippen molar-refractivity contribution in [3.05, 3.63) is 12.2 Å². The largest absolute Gasteiger partial charge is 0.520 e. The number of oxime groups is 1. The van der Waals surface area contributed by atoms with E-state index in [-0.39, 0.29) is 24.1 Å². The Labute approximate surface area is 263 Å². The van der Waals surface area contributed by atoms with E-state index in [2.05, 4.69) is 84.9 Å². The molecule has 0 amide bonds. The van der Waals surface area contributed by atoms with Gasteiger partial charge in [0.05, 0.1) is 17.9 Å². The summed E-state index contributed by atoms with van der Waals surface area (Å²) in [6.07, 6.45) is 18.5. The van der Waals surface area contributed by atoms with Crippen molar-refractivity contribution in [3.8, 4) is 0 Å². The molecule has 1 rings (SSSR count). The molecule has 0 bridgehead atoms. The second-order valence-corrected chi connectivity index (χ2v) is 28.5. The number of hydrogen-bond acceptors (Lipinski definition) is 6. The van der Waals surface area contributed by atoms with Gasteiger partial charge in [0.2, 0.25) is 8.32 Å². The Bertz CT molecular complexity index is 814. The van der Waals surface area contributed by atoms with E-state index in [1.165, 1.54) is 19.3 Å². The molecule has 0 radical (unpaired) electrons. The van der Waals surface area contributed by atoms with E-state index < -0.39 is 25.0 Å². The smallest absolute Gasteiger partial charge is 0.292 e. The molecule has 6 nitrogen and oxygen atoms in total. The minimum atomic E-state index is -1.81. The Morgan fingerprint density at radius 2 is 1.52 bits per heavy atom. The maximum absolute atomic E-state index is 12.1. The number of carbonyl (C=O) groups excluding carboxylic acids is 1. The molecule has 1 saturated carbocycles. The molecule has 9 heteroatoms. The Kier molecular flexibility index (Phi) is 18.3. The highest BCUT2D eigenvalue weighted by Gasteiger charge is 2.42. The zero-order chi connectivity index (χ0) is 31.8. The van der Waals surface area contributed by atoms with Crippen LogP contribution in [0.25, 0.3) is 0 Å². The first-order valence-electron chi connectivity index (χ1n) is 17.0. The van der Waals surface area contributed by atoms with Crippen molar-refractivity contribution in [3.63, 3.8) is 0 Å². The van der Waals surface area contributed by atoms with Crippen LogP contribution in [0.3, 0.4) is 0 Å². The van der Waals surface area contributed by atoms with Crippen LogP contribution in [-0.4, -0.2) is 55.4 Å². The van der Waals surface area contributed by atoms with E-state index >= 15 is 0 Å². The molecule has 0 spiro atoms. The molecule has 0 aromatic carbocycles. The molecular weight excluding hydrogens is 575 g/mol. The molecule has 42 heavy (non-hydrogen) atoms. The van der Waals surface area contributed by atoms with Crippen molar-refractivity contribution in [2.24, 2.45) is 17.0 Å². The van der Waals surface area contributed by atoms with Gasteiger partial charge in [-0.2, -0.15) is 0 Å². The van der Waals surface area contributed by atoms with E-state index in [1.807, 2.05) is 0 Å². The van der Waals surface area contributed by atoms with E-state index in [0.717, 1.165) is 63.5 Å². The van der Waals surface area contributed by atoms with Crippen molar-refractivity contribution in [2.45, 2.75) is 168 Å². The normalized spacial score (nSPS) is 21.8. The third-order valence-corrected chi connectivity index (χ3v) is 10.1. The predicted octanol–water partition coefficient (Wildman–Crippen LogP) is 10.1. The fraction of sp³-hybridized carbons (Fsp3) is 0.879. The van der Waals surface area contributed by atoms with Gasteiger partial charge in [0.1, 0.15) is 6.61 Å². The van der Waals surface area contributed by atoms with Crippen molar-refractivity contribution >= 4 is 36.6 Å². The fourth-order valence-corrected chi connectivity index (χ4v) is 8.52. The van der Waals surface area contributed by atoms with Crippen molar-refractivity contribution < 1.29 is 22.9 Å². The van der Waals surface area contributed by atoms with Gasteiger partial charge in [-0.3, -0.25) is 4.79 Å². The average Bonchev–Trinajstić information content (AvgIpc) is 3.14. The lowest BCUT2D eigenvalue weighted by molar-refractivity contribution is -0.135. The third-order valence-electron chi connectivity index (χ3n) is 7.22. The molecule has 0 saturated heterocycles. The van der Waals surface area contributed by atoms with Crippen molar-refractivity contribution in [1.29, 1.82) is 0 Å². The minimum Gasteiger partial charge on any atom is -0.520 e. The summed E-state index contributed by atoms with van der Waals surface area (Å²) in [5.41, 5.74) is 1.16. The van der Waals surface area contributed by atoms with Gasteiger partial charge in [0.25, 0.3) is 5.97 Å². The zero-order valence-corrected chi connectivity index (χ0v) is 32.4. The minimum absolute atomic E-state index is 0.0332. The van der Waals surface area contributed by atoms with Crippen LogP contribution < -0.4 is 0 Å². The average molecular weight is 642 g/mol. The van der Waals surface area contributed by atoms with E-state index in [9.17, 15) is 4.79 Å². The van der Waals surface area contributed by atoms with Gasteiger partial charge in [-0.1, -0.05) is 76.1 Å². The molecule has 0 aliphatic heterocycles. The van der Waals surface area contributed by atoms with E-state index in [4.69, 9.17) is 23.3 Å². The summed E-state index contributed by atoms with van der Waals surface area (Å²) < 4.78 is 19.1. The topological polar surface area (TPSA) is 66.4 Å². The molecule has 1 fully saturated rings. The number of nitrogens with zero attached hydrogens (tertiary/aromatic N) is 1. The highest BCUT2D eigenvalue weighted by molar-refractivity contribution is 6.71. The number of rotatable bonds is 22. The van der Waals surface area contributed by atoms with Crippen LogP contribution in [0, 0.1) is 11.8 Å². The molecule has 0 heterocycles. The van der Waals surface area contributed by atoms with Crippen molar-refractivity contribution in [1.82, 2.24) is 0 Å². The first kappa shape index (κ1) is 39.3. The number of carbonyl (C=O) groups is 1. The SMILES string of the molecule is CCCCC[C@@H](/C=C/[C@H]1[C@H](O[Si](C)(C)C)C/C(=N\OCCCC)[C@@H]1CCCCCCC(=O)O[Si](C)(C)C)O[Si](C)(C)C. The monoisotopic (exact) mass is 641 g/mol. The van der Waals surface area contributed by atoms with Gasteiger partial charge in [-0.15, -0.1) is 0 Å². The van der Waals surface area contributed by atoms with Gasteiger partial charge < -0.3 is 18.1 Å². The standard InChI is InChI=1S/C33H67NO5Si3/c1-12-14-18-21-28(37-40(3,4)5)24-25-30-29(22-19-16-17-20-23-33(35)39-42(9,10)11)31(34-36-26-15-13-2)27-32(30)38-41(6,7)8/h24-25,28-30,32H,12-23,26-27H2,1-11H3/b25-24+,34-31+/t28-,29+,30+,32+/m0/s1. The molecular formula is C33H67NO5Si3. The Balaban J connectivity index is 3.06. The summed E-state index contributed by atoms with van der Waals surface area (Å²) in [4.78, 5) is 18.0. The van der Waals surface area contributed by atoms with Crippen LogP contribution in [0.2, 0.25) is 58.9 Å². The van der Waals surface area contributed by atoms with Crippen molar-refractivity contribution in [2.75, 3.05) is 6.61 Å². The van der Waals surface area contributed by atoms with Gasteiger partial charge in [0.15, 0.2) is 16.6 Å². The van der Waals surface area contributed by atoms with Crippen LogP contribution in [0.5, 0.6) is 0 Å². The summed E-state index contributed by atoms with van der Waals surface area (Å²) in [5.74, 6) is 0.550. The summed E-state index contributed by atoms with van der Waals surface area (Å²) in [5, 5.41) is 4.73. The van der Waals surface area contributed by atoms with Gasteiger partial charge in [-0.25, -0.2) is 0 Å². The summed E-state index contributed by atoms with van der Waals surface area (Å²) in [6, 6.07) is 0. The lowest BCUT2D eigenvalue weighted by Crippen LogP contribution is -2.35. The van der Waals surface area contributed by atoms with Gasteiger partial charge in [0, 0.05) is 24.7 Å². The summed E-state index contributed by atoms with van der Waals surface area (Å²) in [6.45, 7) is 25.0. The van der Waals surface area contributed by atoms with Crippen LogP contribution in [0.4, 0.5) is 0 Å². The number of hydrogen-bond donors (Lipinski definition) is 0. The second-order valence-electron chi connectivity index (χ2n) is 15.1. The summed E-state index contributed by atoms with van der Waals surface area (Å²) in [7, 11) is -5.24.